The molecule has 0 bridgehead atoms. The van der Waals surface area contributed by atoms with Crippen LogP contribution < -0.4 is 0 Å². The maximum atomic E-state index is 12.9. The third-order valence-electron chi connectivity index (χ3n) is 5.34. The topological polar surface area (TPSA) is 25.2 Å². The number of carbonyl (C=O) groups excluding carboxylic acids is 1. The Bertz CT molecular complexity index is 747. The van der Waals surface area contributed by atoms with Gasteiger partial charge in [-0.05, 0) is 57.2 Å². The molecular formula is C22H30N2O. The average molecular weight is 338 g/mol. The van der Waals surface area contributed by atoms with Crippen molar-refractivity contribution in [2.75, 3.05) is 19.6 Å². The molecule has 2 unspecified atom stereocenters. The fourth-order valence-electron chi connectivity index (χ4n) is 4.35. The number of Topliss-reactive ketones (excluding diaryl/α,β-unsaturated/α-hetero) is 1. The summed E-state index contributed by atoms with van der Waals surface area (Å²) in [4.78, 5) is 15.3. The molecule has 1 fully saturated rings. The van der Waals surface area contributed by atoms with Gasteiger partial charge in [-0.15, -0.1) is 0 Å². The van der Waals surface area contributed by atoms with Crippen LogP contribution in [0.1, 0.15) is 47.6 Å². The molecule has 0 saturated carbocycles. The fraction of sp³-hybridized carbons (Fsp3) is 0.500. The zero-order valence-electron chi connectivity index (χ0n) is 16.2. The highest BCUT2D eigenvalue weighted by atomic mass is 16.1. The first-order valence-corrected chi connectivity index (χ1v) is 9.36. The van der Waals surface area contributed by atoms with E-state index in [2.05, 4.69) is 68.4 Å². The second-order valence-corrected chi connectivity index (χ2v) is 8.02. The van der Waals surface area contributed by atoms with Crippen molar-refractivity contribution in [1.82, 2.24) is 9.47 Å². The van der Waals surface area contributed by atoms with Crippen LogP contribution in [0.2, 0.25) is 0 Å². The minimum Gasteiger partial charge on any atom is -0.318 e. The molecule has 134 valence electrons. The largest absolute Gasteiger partial charge is 0.318 e. The number of likely N-dealkylation sites (tertiary alicyclic amines) is 1. The Kier molecular flexibility index (Phi) is 5.14. The Balaban J connectivity index is 1.82. The Morgan fingerprint density at radius 2 is 1.64 bits per heavy atom. The lowest BCUT2D eigenvalue weighted by Crippen LogP contribution is -2.41. The number of benzene rings is 1. The van der Waals surface area contributed by atoms with E-state index >= 15 is 0 Å². The van der Waals surface area contributed by atoms with Crippen LogP contribution in [0.15, 0.2) is 30.3 Å². The quantitative estimate of drug-likeness (QED) is 0.763. The Hall–Kier alpha value is -1.87. The summed E-state index contributed by atoms with van der Waals surface area (Å²) < 4.78 is 2.19. The summed E-state index contributed by atoms with van der Waals surface area (Å²) in [6, 6.07) is 10.5. The van der Waals surface area contributed by atoms with Gasteiger partial charge in [0.25, 0.3) is 0 Å². The van der Waals surface area contributed by atoms with Crippen molar-refractivity contribution in [2.24, 2.45) is 11.8 Å². The average Bonchev–Trinajstić information content (AvgIpc) is 2.82. The summed E-state index contributed by atoms with van der Waals surface area (Å²) >= 11 is 0. The highest BCUT2D eigenvalue weighted by Crippen LogP contribution is 2.24. The van der Waals surface area contributed by atoms with Crippen LogP contribution in [0.3, 0.4) is 0 Å². The molecule has 1 saturated heterocycles. The van der Waals surface area contributed by atoms with E-state index in [1.807, 2.05) is 6.07 Å². The molecule has 3 heteroatoms. The number of nitrogens with zero attached hydrogens (tertiary/aromatic N) is 2. The lowest BCUT2D eigenvalue weighted by Gasteiger charge is -2.34. The summed E-state index contributed by atoms with van der Waals surface area (Å²) in [5.74, 6) is 1.60. The zero-order valence-corrected chi connectivity index (χ0v) is 16.2. The van der Waals surface area contributed by atoms with Crippen LogP contribution in [-0.2, 0) is 0 Å². The number of aryl methyl sites for hydroxylation is 2. The molecule has 2 atom stereocenters. The molecule has 3 rings (SSSR count). The molecule has 1 aromatic carbocycles. The van der Waals surface area contributed by atoms with Crippen molar-refractivity contribution in [3.05, 3.63) is 52.8 Å². The van der Waals surface area contributed by atoms with Crippen LogP contribution in [0.4, 0.5) is 0 Å². The number of hydrogen-bond acceptors (Lipinski definition) is 2. The molecule has 2 aromatic rings. The van der Waals surface area contributed by atoms with Crippen molar-refractivity contribution in [1.29, 1.82) is 0 Å². The van der Waals surface area contributed by atoms with Crippen molar-refractivity contribution in [2.45, 2.75) is 41.0 Å². The molecule has 0 spiro atoms. The molecule has 0 N–H and O–H groups in total. The first kappa shape index (κ1) is 17.9. The Morgan fingerprint density at radius 1 is 1.04 bits per heavy atom. The van der Waals surface area contributed by atoms with Crippen molar-refractivity contribution < 1.29 is 4.79 Å². The van der Waals surface area contributed by atoms with Crippen molar-refractivity contribution >= 4 is 5.78 Å². The SMILES string of the molecule is Cc1ccc(-n2c(C)cc(C(=O)CN3CC(C)CC(C)C3)c2C)cc1. The first-order chi connectivity index (χ1) is 11.8. The molecule has 0 amide bonds. The van der Waals surface area contributed by atoms with Gasteiger partial charge in [-0.3, -0.25) is 9.69 Å². The molecule has 0 radical (unpaired) electrons. The van der Waals surface area contributed by atoms with Crippen LogP contribution in [-0.4, -0.2) is 34.9 Å². The molecule has 1 aliphatic rings. The first-order valence-electron chi connectivity index (χ1n) is 9.36. The second-order valence-electron chi connectivity index (χ2n) is 8.02. The van der Waals surface area contributed by atoms with Crippen LogP contribution in [0.25, 0.3) is 5.69 Å². The van der Waals surface area contributed by atoms with Gasteiger partial charge < -0.3 is 4.57 Å². The van der Waals surface area contributed by atoms with Gasteiger partial charge in [-0.1, -0.05) is 31.5 Å². The minimum absolute atomic E-state index is 0.243. The van der Waals surface area contributed by atoms with E-state index in [-0.39, 0.29) is 5.78 Å². The smallest absolute Gasteiger partial charge is 0.178 e. The number of piperidine rings is 1. The fourth-order valence-corrected chi connectivity index (χ4v) is 4.35. The number of carbonyl (C=O) groups is 1. The maximum absolute atomic E-state index is 12.9. The van der Waals surface area contributed by atoms with E-state index in [0.717, 1.165) is 35.7 Å². The van der Waals surface area contributed by atoms with Crippen LogP contribution >= 0.6 is 0 Å². The van der Waals surface area contributed by atoms with Crippen molar-refractivity contribution in [3.8, 4) is 5.69 Å². The van der Waals surface area contributed by atoms with Gasteiger partial charge >= 0.3 is 0 Å². The number of aromatic nitrogens is 1. The molecule has 1 aromatic heterocycles. The van der Waals surface area contributed by atoms with E-state index < -0.39 is 0 Å². The van der Waals surface area contributed by atoms with E-state index in [4.69, 9.17) is 0 Å². The second kappa shape index (κ2) is 7.17. The highest BCUT2D eigenvalue weighted by molar-refractivity contribution is 5.99. The number of hydrogen-bond donors (Lipinski definition) is 0. The molecule has 2 heterocycles. The predicted octanol–water partition coefficient (Wildman–Crippen LogP) is 4.56. The highest BCUT2D eigenvalue weighted by Gasteiger charge is 2.25. The maximum Gasteiger partial charge on any atom is 0.178 e. The summed E-state index contributed by atoms with van der Waals surface area (Å²) in [7, 11) is 0. The molecular weight excluding hydrogens is 308 g/mol. The Labute approximate surface area is 151 Å². The lowest BCUT2D eigenvalue weighted by atomic mass is 9.91. The normalized spacial score (nSPS) is 21.5. The summed E-state index contributed by atoms with van der Waals surface area (Å²) in [6.45, 7) is 13.4. The van der Waals surface area contributed by atoms with Gasteiger partial charge in [0, 0.05) is 35.7 Å². The predicted molar refractivity (Wildman–Crippen MR) is 104 cm³/mol. The summed E-state index contributed by atoms with van der Waals surface area (Å²) in [5, 5.41) is 0. The van der Waals surface area contributed by atoms with Gasteiger partial charge in [0.1, 0.15) is 0 Å². The minimum atomic E-state index is 0.243. The molecule has 3 nitrogen and oxygen atoms in total. The number of rotatable bonds is 4. The van der Waals surface area contributed by atoms with Gasteiger partial charge in [0.05, 0.1) is 6.54 Å². The van der Waals surface area contributed by atoms with Gasteiger partial charge in [-0.25, -0.2) is 0 Å². The van der Waals surface area contributed by atoms with Gasteiger partial charge in [0.2, 0.25) is 0 Å². The molecule has 25 heavy (non-hydrogen) atoms. The van der Waals surface area contributed by atoms with E-state index in [1.165, 1.54) is 12.0 Å². The zero-order chi connectivity index (χ0) is 18.1. The van der Waals surface area contributed by atoms with E-state index in [0.29, 0.717) is 18.4 Å². The third kappa shape index (κ3) is 3.87. The van der Waals surface area contributed by atoms with Crippen molar-refractivity contribution in [3.63, 3.8) is 0 Å². The number of ketones is 1. The van der Waals surface area contributed by atoms with Crippen LogP contribution in [0.5, 0.6) is 0 Å². The molecule has 0 aliphatic carbocycles. The summed E-state index contributed by atoms with van der Waals surface area (Å²) in [6.07, 6.45) is 1.27. The van der Waals surface area contributed by atoms with E-state index in [9.17, 15) is 4.79 Å². The summed E-state index contributed by atoms with van der Waals surface area (Å²) in [5.41, 5.74) is 5.40. The monoisotopic (exact) mass is 338 g/mol. The standard InChI is InChI=1S/C22H30N2O/c1-15-6-8-20(9-7-15)24-18(4)11-21(19(24)5)22(25)14-23-12-16(2)10-17(3)13-23/h6-9,11,16-17H,10,12-14H2,1-5H3. The lowest BCUT2D eigenvalue weighted by molar-refractivity contribution is 0.0849. The van der Waals surface area contributed by atoms with E-state index in [1.54, 1.807) is 0 Å². The third-order valence-corrected chi connectivity index (χ3v) is 5.34. The van der Waals surface area contributed by atoms with Gasteiger partial charge in [-0.2, -0.15) is 0 Å². The van der Waals surface area contributed by atoms with Gasteiger partial charge in [0.15, 0.2) is 5.78 Å². The Morgan fingerprint density at radius 3 is 2.24 bits per heavy atom. The van der Waals surface area contributed by atoms with Crippen LogP contribution in [0, 0.1) is 32.6 Å². The molecule has 1 aliphatic heterocycles.